The van der Waals surface area contributed by atoms with E-state index in [1.807, 2.05) is 39.8 Å². The van der Waals surface area contributed by atoms with Crippen molar-refractivity contribution in [3.8, 4) is 0 Å². The Morgan fingerprint density at radius 2 is 1.73 bits per heavy atom. The van der Waals surface area contributed by atoms with E-state index < -0.39 is 11.7 Å². The number of carbonyl (C=O) groups excluding carboxylic acids is 1. The SMILES string of the molecule is CCOCc1ccccc1CNC(=NC)NCCNC(=O)OC(C)(C)C. The molecule has 1 rings (SSSR count). The van der Waals surface area contributed by atoms with Crippen LogP contribution in [0, 0.1) is 0 Å². The molecule has 0 unspecified atom stereocenters. The van der Waals surface area contributed by atoms with Crippen LogP contribution in [-0.2, 0) is 22.6 Å². The lowest BCUT2D eigenvalue weighted by atomic mass is 10.1. The Hall–Kier alpha value is -2.28. The third-order valence-corrected chi connectivity index (χ3v) is 3.34. The van der Waals surface area contributed by atoms with E-state index in [0.717, 1.165) is 11.1 Å². The number of carbonyl (C=O) groups is 1. The van der Waals surface area contributed by atoms with E-state index in [1.54, 1.807) is 7.05 Å². The number of hydrogen-bond acceptors (Lipinski definition) is 4. The van der Waals surface area contributed by atoms with Gasteiger partial charge in [0.2, 0.25) is 0 Å². The Labute approximate surface area is 156 Å². The second-order valence-corrected chi connectivity index (χ2v) is 6.69. The van der Waals surface area contributed by atoms with Gasteiger partial charge < -0.3 is 25.4 Å². The molecule has 0 heterocycles. The van der Waals surface area contributed by atoms with Crippen molar-refractivity contribution in [3.05, 3.63) is 35.4 Å². The number of guanidine groups is 1. The minimum Gasteiger partial charge on any atom is -0.444 e. The van der Waals surface area contributed by atoms with Crippen LogP contribution in [0.3, 0.4) is 0 Å². The summed E-state index contributed by atoms with van der Waals surface area (Å²) in [5, 5.41) is 9.13. The molecule has 7 heteroatoms. The second kappa shape index (κ2) is 11.4. The van der Waals surface area contributed by atoms with Gasteiger partial charge in [0.05, 0.1) is 6.61 Å². The summed E-state index contributed by atoms with van der Waals surface area (Å²) in [5.74, 6) is 0.669. The molecule has 0 radical (unpaired) electrons. The van der Waals surface area contributed by atoms with Crippen molar-refractivity contribution in [1.82, 2.24) is 16.0 Å². The molecule has 1 aromatic carbocycles. The third kappa shape index (κ3) is 9.27. The minimum atomic E-state index is -0.496. The fourth-order valence-corrected chi connectivity index (χ4v) is 2.14. The van der Waals surface area contributed by atoms with Gasteiger partial charge in [0.1, 0.15) is 5.60 Å². The lowest BCUT2D eigenvalue weighted by Crippen LogP contribution is -2.42. The first kappa shape index (κ1) is 21.8. The van der Waals surface area contributed by atoms with Crippen LogP contribution in [0.1, 0.15) is 38.8 Å². The summed E-state index contributed by atoms with van der Waals surface area (Å²) < 4.78 is 10.7. The highest BCUT2D eigenvalue weighted by molar-refractivity contribution is 5.79. The molecule has 0 saturated carbocycles. The molecule has 26 heavy (non-hydrogen) atoms. The predicted octanol–water partition coefficient (Wildman–Crippen LogP) is 2.41. The van der Waals surface area contributed by atoms with Gasteiger partial charge in [-0.2, -0.15) is 0 Å². The summed E-state index contributed by atoms with van der Waals surface area (Å²) >= 11 is 0. The highest BCUT2D eigenvalue weighted by Gasteiger charge is 2.15. The molecular weight excluding hydrogens is 332 g/mol. The summed E-state index contributed by atoms with van der Waals surface area (Å²) in [7, 11) is 1.71. The molecular formula is C19H32N4O3. The largest absolute Gasteiger partial charge is 0.444 e. The Morgan fingerprint density at radius 3 is 2.35 bits per heavy atom. The fourth-order valence-electron chi connectivity index (χ4n) is 2.14. The van der Waals surface area contributed by atoms with Crippen LogP contribution in [0.2, 0.25) is 0 Å². The van der Waals surface area contributed by atoms with E-state index in [0.29, 0.717) is 38.8 Å². The van der Waals surface area contributed by atoms with Crippen LogP contribution in [0.5, 0.6) is 0 Å². The van der Waals surface area contributed by atoms with Gasteiger partial charge in [-0.1, -0.05) is 24.3 Å². The summed E-state index contributed by atoms with van der Waals surface area (Å²) in [5.41, 5.74) is 1.82. The van der Waals surface area contributed by atoms with Crippen molar-refractivity contribution < 1.29 is 14.3 Å². The average Bonchev–Trinajstić information content (AvgIpc) is 2.58. The summed E-state index contributed by atoms with van der Waals surface area (Å²) in [6.07, 6.45) is -0.424. The zero-order valence-electron chi connectivity index (χ0n) is 16.5. The van der Waals surface area contributed by atoms with E-state index in [-0.39, 0.29) is 0 Å². The highest BCUT2D eigenvalue weighted by Crippen LogP contribution is 2.10. The van der Waals surface area contributed by atoms with Crippen LogP contribution in [0.15, 0.2) is 29.3 Å². The van der Waals surface area contributed by atoms with E-state index in [2.05, 4.69) is 33.1 Å². The van der Waals surface area contributed by atoms with E-state index in [9.17, 15) is 4.79 Å². The van der Waals surface area contributed by atoms with Crippen molar-refractivity contribution in [2.24, 2.45) is 4.99 Å². The standard InChI is InChI=1S/C19H32N4O3/c1-6-25-14-16-10-8-7-9-15(16)13-23-17(20-5)21-11-12-22-18(24)26-19(2,3)4/h7-10H,6,11-14H2,1-5H3,(H,22,24)(H2,20,21,23). The lowest BCUT2D eigenvalue weighted by molar-refractivity contribution is 0.0529. The summed E-state index contributed by atoms with van der Waals surface area (Å²) in [4.78, 5) is 15.8. The van der Waals surface area contributed by atoms with E-state index in [1.165, 1.54) is 0 Å². The minimum absolute atomic E-state index is 0.424. The molecule has 1 amide bonds. The van der Waals surface area contributed by atoms with Crippen molar-refractivity contribution >= 4 is 12.1 Å². The lowest BCUT2D eigenvalue weighted by Gasteiger charge is -2.20. The molecule has 0 aliphatic rings. The molecule has 0 aromatic heterocycles. The molecule has 0 aliphatic carbocycles. The van der Waals surface area contributed by atoms with Crippen molar-refractivity contribution in [2.75, 3.05) is 26.7 Å². The highest BCUT2D eigenvalue weighted by atomic mass is 16.6. The Kier molecular flexibility index (Phi) is 9.51. The van der Waals surface area contributed by atoms with Crippen LogP contribution in [0.4, 0.5) is 4.79 Å². The Morgan fingerprint density at radius 1 is 1.08 bits per heavy atom. The summed E-state index contributed by atoms with van der Waals surface area (Å²) in [6.45, 7) is 10.4. The molecule has 0 spiro atoms. The maximum Gasteiger partial charge on any atom is 0.407 e. The zero-order chi connectivity index (χ0) is 19.4. The Bertz CT molecular complexity index is 582. The van der Waals surface area contributed by atoms with Crippen LogP contribution in [-0.4, -0.2) is 44.4 Å². The maximum absolute atomic E-state index is 11.6. The first-order chi connectivity index (χ1) is 12.4. The smallest absolute Gasteiger partial charge is 0.407 e. The topological polar surface area (TPSA) is 84.0 Å². The van der Waals surface area contributed by atoms with Crippen molar-refractivity contribution in [1.29, 1.82) is 0 Å². The van der Waals surface area contributed by atoms with Crippen LogP contribution >= 0.6 is 0 Å². The molecule has 0 aliphatic heterocycles. The fraction of sp³-hybridized carbons (Fsp3) is 0.579. The molecule has 0 bridgehead atoms. The molecule has 1 aromatic rings. The average molecular weight is 364 g/mol. The number of hydrogen-bond donors (Lipinski definition) is 3. The third-order valence-electron chi connectivity index (χ3n) is 3.34. The molecule has 0 fully saturated rings. The van der Waals surface area contributed by atoms with Gasteiger partial charge in [0.25, 0.3) is 0 Å². The monoisotopic (exact) mass is 364 g/mol. The number of aliphatic imine (C=N–C) groups is 1. The molecule has 0 saturated heterocycles. The Balaban J connectivity index is 2.37. The number of nitrogens with zero attached hydrogens (tertiary/aromatic N) is 1. The number of nitrogens with one attached hydrogen (secondary N) is 3. The number of amides is 1. The predicted molar refractivity (Wildman–Crippen MR) is 104 cm³/mol. The van der Waals surface area contributed by atoms with Gasteiger partial charge in [-0.3, -0.25) is 4.99 Å². The van der Waals surface area contributed by atoms with Gasteiger partial charge in [-0.25, -0.2) is 4.79 Å². The van der Waals surface area contributed by atoms with Crippen molar-refractivity contribution in [2.45, 2.75) is 46.4 Å². The maximum atomic E-state index is 11.6. The van der Waals surface area contributed by atoms with E-state index in [4.69, 9.17) is 9.47 Å². The summed E-state index contributed by atoms with van der Waals surface area (Å²) in [6, 6.07) is 8.15. The van der Waals surface area contributed by atoms with E-state index >= 15 is 0 Å². The first-order valence-electron chi connectivity index (χ1n) is 8.91. The van der Waals surface area contributed by atoms with Gasteiger partial charge in [0.15, 0.2) is 5.96 Å². The number of ether oxygens (including phenoxy) is 2. The number of benzene rings is 1. The number of alkyl carbamates (subject to hydrolysis) is 1. The molecule has 3 N–H and O–H groups in total. The van der Waals surface area contributed by atoms with Crippen LogP contribution in [0.25, 0.3) is 0 Å². The van der Waals surface area contributed by atoms with Crippen LogP contribution < -0.4 is 16.0 Å². The normalized spacial score (nSPS) is 11.8. The van der Waals surface area contributed by atoms with Gasteiger partial charge >= 0.3 is 6.09 Å². The molecule has 0 atom stereocenters. The quantitative estimate of drug-likeness (QED) is 0.375. The first-order valence-corrected chi connectivity index (χ1v) is 8.91. The molecule has 146 valence electrons. The van der Waals surface area contributed by atoms with Gasteiger partial charge in [-0.15, -0.1) is 0 Å². The van der Waals surface area contributed by atoms with Gasteiger partial charge in [-0.05, 0) is 38.8 Å². The number of rotatable bonds is 8. The molecule has 7 nitrogen and oxygen atoms in total. The zero-order valence-corrected chi connectivity index (χ0v) is 16.5. The van der Waals surface area contributed by atoms with Crippen molar-refractivity contribution in [3.63, 3.8) is 0 Å². The second-order valence-electron chi connectivity index (χ2n) is 6.69. The van der Waals surface area contributed by atoms with Gasteiger partial charge in [0, 0.05) is 33.3 Å².